The van der Waals surface area contributed by atoms with Gasteiger partial charge in [-0.2, -0.15) is 0 Å². The summed E-state index contributed by atoms with van der Waals surface area (Å²) in [6, 6.07) is 3.55. The van der Waals surface area contributed by atoms with Crippen LogP contribution in [0.3, 0.4) is 0 Å². The van der Waals surface area contributed by atoms with Gasteiger partial charge in [0.15, 0.2) is 0 Å². The molecular formula is C16H25FN2O. The van der Waals surface area contributed by atoms with Gasteiger partial charge in [-0.3, -0.25) is 4.98 Å². The highest BCUT2D eigenvalue weighted by atomic mass is 19.1. The highest BCUT2D eigenvalue weighted by molar-refractivity contribution is 5.07. The molecule has 0 saturated heterocycles. The van der Waals surface area contributed by atoms with E-state index in [1.165, 1.54) is 44.6 Å². The van der Waals surface area contributed by atoms with Crippen LogP contribution in [0.4, 0.5) is 4.39 Å². The van der Waals surface area contributed by atoms with E-state index in [9.17, 15) is 9.50 Å². The van der Waals surface area contributed by atoms with E-state index in [0.29, 0.717) is 18.2 Å². The molecule has 1 atom stereocenters. The Hall–Kier alpha value is -1.00. The summed E-state index contributed by atoms with van der Waals surface area (Å²) in [5.41, 5.74) is 0.556. The lowest BCUT2D eigenvalue weighted by Crippen LogP contribution is -2.32. The lowest BCUT2D eigenvalue weighted by molar-refractivity contribution is 0.129. The maximum atomic E-state index is 12.8. The van der Waals surface area contributed by atoms with Crippen LogP contribution >= 0.6 is 0 Å². The Bertz CT molecular complexity index is 388. The summed E-state index contributed by atoms with van der Waals surface area (Å²) in [6.45, 7) is 0.852. The van der Waals surface area contributed by atoms with Crippen LogP contribution in [0.2, 0.25) is 0 Å². The van der Waals surface area contributed by atoms with Gasteiger partial charge in [0, 0.05) is 12.6 Å². The molecule has 1 N–H and O–H groups in total. The SMILES string of the molecule is CN(CCC(O)c1ccc(F)cn1)C1CCCCCC1. The van der Waals surface area contributed by atoms with Gasteiger partial charge < -0.3 is 10.0 Å². The van der Waals surface area contributed by atoms with E-state index in [1.54, 1.807) is 6.07 Å². The number of pyridine rings is 1. The number of rotatable bonds is 5. The standard InChI is InChI=1S/C16H25FN2O/c1-19(14-6-4-2-3-5-7-14)11-10-16(20)15-9-8-13(17)12-18-15/h8-9,12,14,16,20H,2-7,10-11H2,1H3. The Morgan fingerprint density at radius 1 is 1.30 bits per heavy atom. The average Bonchev–Trinajstić information content (AvgIpc) is 2.74. The van der Waals surface area contributed by atoms with Gasteiger partial charge in [0.25, 0.3) is 0 Å². The minimum absolute atomic E-state index is 0.364. The third kappa shape index (κ3) is 4.53. The number of hydrogen-bond donors (Lipinski definition) is 1. The van der Waals surface area contributed by atoms with E-state index < -0.39 is 6.10 Å². The fourth-order valence-electron chi connectivity index (χ4n) is 2.94. The Balaban J connectivity index is 1.79. The molecule has 1 saturated carbocycles. The van der Waals surface area contributed by atoms with Crippen LogP contribution < -0.4 is 0 Å². The van der Waals surface area contributed by atoms with E-state index in [0.717, 1.165) is 12.7 Å². The first kappa shape index (κ1) is 15.4. The summed E-state index contributed by atoms with van der Waals surface area (Å²) in [6.07, 6.45) is 9.07. The monoisotopic (exact) mass is 280 g/mol. The Labute approximate surface area is 120 Å². The minimum Gasteiger partial charge on any atom is -0.387 e. The summed E-state index contributed by atoms with van der Waals surface area (Å²) in [4.78, 5) is 6.30. The minimum atomic E-state index is -0.608. The molecule has 0 amide bonds. The van der Waals surface area contributed by atoms with Gasteiger partial charge in [-0.05, 0) is 38.4 Å². The first-order valence-electron chi connectivity index (χ1n) is 7.66. The molecular weight excluding hydrogens is 255 g/mol. The van der Waals surface area contributed by atoms with Crippen molar-refractivity contribution in [2.24, 2.45) is 0 Å². The third-order valence-corrected chi connectivity index (χ3v) is 4.29. The number of halogens is 1. The highest BCUT2D eigenvalue weighted by Crippen LogP contribution is 2.22. The van der Waals surface area contributed by atoms with Crippen molar-refractivity contribution in [3.05, 3.63) is 29.8 Å². The zero-order valence-corrected chi connectivity index (χ0v) is 12.3. The molecule has 1 heterocycles. The van der Waals surface area contributed by atoms with Crippen LogP contribution in [0, 0.1) is 5.82 Å². The predicted molar refractivity (Wildman–Crippen MR) is 77.9 cm³/mol. The van der Waals surface area contributed by atoms with Crippen LogP contribution in [-0.2, 0) is 0 Å². The fourth-order valence-corrected chi connectivity index (χ4v) is 2.94. The van der Waals surface area contributed by atoms with Crippen LogP contribution in [-0.4, -0.2) is 34.6 Å². The van der Waals surface area contributed by atoms with E-state index in [2.05, 4.69) is 16.9 Å². The van der Waals surface area contributed by atoms with Gasteiger partial charge in [0.2, 0.25) is 0 Å². The molecule has 112 valence electrons. The number of aliphatic hydroxyl groups excluding tert-OH is 1. The number of hydrogen-bond acceptors (Lipinski definition) is 3. The highest BCUT2D eigenvalue weighted by Gasteiger charge is 2.18. The average molecular weight is 280 g/mol. The van der Waals surface area contributed by atoms with Crippen molar-refractivity contribution in [3.8, 4) is 0 Å². The van der Waals surface area contributed by atoms with Crippen molar-refractivity contribution >= 4 is 0 Å². The zero-order valence-electron chi connectivity index (χ0n) is 12.3. The molecule has 0 aromatic carbocycles. The second-order valence-electron chi connectivity index (χ2n) is 5.83. The molecule has 4 heteroatoms. The quantitative estimate of drug-likeness (QED) is 0.841. The normalized spacial score (nSPS) is 19.0. The first-order valence-corrected chi connectivity index (χ1v) is 7.66. The molecule has 3 nitrogen and oxygen atoms in total. The van der Waals surface area contributed by atoms with Crippen molar-refractivity contribution in [2.75, 3.05) is 13.6 Å². The molecule has 1 aromatic heterocycles. The Morgan fingerprint density at radius 3 is 2.60 bits per heavy atom. The van der Waals surface area contributed by atoms with E-state index >= 15 is 0 Å². The molecule has 1 fully saturated rings. The van der Waals surface area contributed by atoms with E-state index in [-0.39, 0.29) is 5.82 Å². The van der Waals surface area contributed by atoms with Gasteiger partial charge in [0.05, 0.1) is 18.0 Å². The largest absolute Gasteiger partial charge is 0.387 e. The molecule has 2 rings (SSSR count). The van der Waals surface area contributed by atoms with Crippen molar-refractivity contribution < 1.29 is 9.50 Å². The van der Waals surface area contributed by atoms with Crippen LogP contribution in [0.5, 0.6) is 0 Å². The summed E-state index contributed by atoms with van der Waals surface area (Å²) in [7, 11) is 2.14. The molecule has 0 bridgehead atoms. The second kappa shape index (κ2) is 7.70. The van der Waals surface area contributed by atoms with Gasteiger partial charge in [-0.1, -0.05) is 25.7 Å². The van der Waals surface area contributed by atoms with Crippen molar-refractivity contribution in [1.82, 2.24) is 9.88 Å². The van der Waals surface area contributed by atoms with Crippen molar-refractivity contribution in [3.63, 3.8) is 0 Å². The lowest BCUT2D eigenvalue weighted by Gasteiger charge is -2.27. The molecule has 1 aliphatic carbocycles. The predicted octanol–water partition coefficient (Wildman–Crippen LogP) is 3.30. The first-order chi connectivity index (χ1) is 9.66. The molecule has 1 aromatic rings. The van der Waals surface area contributed by atoms with Gasteiger partial charge in [0.1, 0.15) is 5.82 Å². The maximum absolute atomic E-state index is 12.8. The summed E-state index contributed by atoms with van der Waals surface area (Å²) < 4.78 is 12.8. The molecule has 1 aliphatic rings. The topological polar surface area (TPSA) is 36.4 Å². The molecule has 1 unspecified atom stereocenters. The van der Waals surface area contributed by atoms with Crippen LogP contribution in [0.25, 0.3) is 0 Å². The molecule has 0 aliphatic heterocycles. The molecule has 0 spiro atoms. The lowest BCUT2D eigenvalue weighted by atomic mass is 10.1. The Morgan fingerprint density at radius 2 is 2.00 bits per heavy atom. The third-order valence-electron chi connectivity index (χ3n) is 4.29. The Kier molecular flexibility index (Phi) is 5.92. The molecule has 20 heavy (non-hydrogen) atoms. The summed E-state index contributed by atoms with van der Waals surface area (Å²) in [5.74, 6) is -0.364. The van der Waals surface area contributed by atoms with Crippen molar-refractivity contribution in [1.29, 1.82) is 0 Å². The number of aliphatic hydroxyl groups is 1. The summed E-state index contributed by atoms with van der Waals surface area (Å²) in [5, 5.41) is 10.1. The maximum Gasteiger partial charge on any atom is 0.141 e. The van der Waals surface area contributed by atoms with Crippen LogP contribution in [0.1, 0.15) is 56.7 Å². The number of aromatic nitrogens is 1. The van der Waals surface area contributed by atoms with Gasteiger partial charge >= 0.3 is 0 Å². The number of nitrogens with zero attached hydrogens (tertiary/aromatic N) is 2. The van der Waals surface area contributed by atoms with E-state index in [1.807, 2.05) is 0 Å². The smallest absolute Gasteiger partial charge is 0.141 e. The molecule has 0 radical (unpaired) electrons. The van der Waals surface area contributed by atoms with Crippen molar-refractivity contribution in [2.45, 2.75) is 57.1 Å². The fraction of sp³-hybridized carbons (Fsp3) is 0.688. The zero-order chi connectivity index (χ0) is 14.4. The summed E-state index contributed by atoms with van der Waals surface area (Å²) >= 11 is 0. The second-order valence-corrected chi connectivity index (χ2v) is 5.83. The van der Waals surface area contributed by atoms with Crippen LogP contribution in [0.15, 0.2) is 18.3 Å². The van der Waals surface area contributed by atoms with E-state index in [4.69, 9.17) is 0 Å². The van der Waals surface area contributed by atoms with Gasteiger partial charge in [-0.15, -0.1) is 0 Å². The van der Waals surface area contributed by atoms with Gasteiger partial charge in [-0.25, -0.2) is 4.39 Å².